The molecule has 9 aromatic carbocycles. The molecule has 0 atom stereocenters. The Labute approximate surface area is 269 Å². The van der Waals surface area contributed by atoms with Gasteiger partial charge >= 0.3 is 0 Å². The Morgan fingerprint density at radius 3 is 1.63 bits per heavy atom. The van der Waals surface area contributed by atoms with E-state index >= 15 is 0 Å². The molecule has 0 spiro atoms. The number of hydrogen-bond acceptors (Lipinski definition) is 0. The van der Waals surface area contributed by atoms with Crippen LogP contribution in [0.3, 0.4) is 0 Å². The van der Waals surface area contributed by atoms with Crippen molar-refractivity contribution in [3.05, 3.63) is 169 Å². The van der Waals surface area contributed by atoms with Gasteiger partial charge in [0.25, 0.3) is 0 Å². The van der Waals surface area contributed by atoms with Crippen LogP contribution in [-0.4, -0.2) is 0 Å². The number of aryl methyl sites for hydroxylation is 2. The fourth-order valence-corrected chi connectivity index (χ4v) is 7.47. The summed E-state index contributed by atoms with van der Waals surface area (Å²) in [5.74, 6) is 0. The third-order valence-corrected chi connectivity index (χ3v) is 9.86. The summed E-state index contributed by atoms with van der Waals surface area (Å²) in [6.45, 7) is 4.50. The van der Waals surface area contributed by atoms with Crippen LogP contribution >= 0.6 is 0 Å². The summed E-state index contributed by atoms with van der Waals surface area (Å²) in [6.07, 6.45) is 0. The Morgan fingerprint density at radius 2 is 0.826 bits per heavy atom. The van der Waals surface area contributed by atoms with Crippen molar-refractivity contribution in [2.24, 2.45) is 0 Å². The number of benzene rings is 9. The lowest BCUT2D eigenvalue weighted by atomic mass is 9.87. The molecule has 216 valence electrons. The van der Waals surface area contributed by atoms with Crippen LogP contribution in [0.4, 0.5) is 0 Å². The van der Waals surface area contributed by atoms with Crippen molar-refractivity contribution in [1.29, 1.82) is 0 Å². The van der Waals surface area contributed by atoms with Crippen LogP contribution in [0.25, 0.3) is 87.2 Å². The van der Waals surface area contributed by atoms with Crippen LogP contribution < -0.4 is 0 Å². The molecule has 0 nitrogen and oxygen atoms in total. The van der Waals surface area contributed by atoms with E-state index in [1.807, 2.05) is 0 Å². The van der Waals surface area contributed by atoms with Gasteiger partial charge in [0, 0.05) is 0 Å². The van der Waals surface area contributed by atoms with E-state index in [-0.39, 0.29) is 0 Å². The van der Waals surface area contributed by atoms with Crippen LogP contribution in [0.5, 0.6) is 0 Å². The average Bonchev–Trinajstić information content (AvgIpc) is 3.11. The Balaban J connectivity index is 1.21. The Bertz CT molecular complexity index is 2650. The standard InChI is InChI=1S/C46H32/c1-29-14-15-36(38-21-19-33-18-17-32-9-5-6-11-40(32)44(33)27-38)26-43(29)41-12-7-13-42-45-28-37(22-23-39(45)24-30(2)46(41)42)35-20-16-31-8-3-4-10-34(31)25-35/h3-28H,1-2H3. The van der Waals surface area contributed by atoms with Crippen molar-refractivity contribution in [1.82, 2.24) is 0 Å². The molecule has 9 aromatic rings. The Kier molecular flexibility index (Phi) is 6.05. The topological polar surface area (TPSA) is 0 Å². The van der Waals surface area contributed by atoms with Gasteiger partial charge in [0.2, 0.25) is 0 Å². The summed E-state index contributed by atoms with van der Waals surface area (Å²) >= 11 is 0. The van der Waals surface area contributed by atoms with E-state index < -0.39 is 0 Å². The van der Waals surface area contributed by atoms with Crippen molar-refractivity contribution >= 4 is 53.9 Å². The smallest absolute Gasteiger partial charge is 0.00696 e. The largest absolute Gasteiger partial charge is 0.0616 e. The van der Waals surface area contributed by atoms with E-state index in [1.165, 1.54) is 98.4 Å². The maximum absolute atomic E-state index is 2.39. The summed E-state index contributed by atoms with van der Waals surface area (Å²) in [4.78, 5) is 0. The highest BCUT2D eigenvalue weighted by Crippen LogP contribution is 2.40. The molecule has 0 amide bonds. The molecule has 0 saturated heterocycles. The van der Waals surface area contributed by atoms with Gasteiger partial charge in [-0.3, -0.25) is 0 Å². The predicted molar refractivity (Wildman–Crippen MR) is 200 cm³/mol. The van der Waals surface area contributed by atoms with E-state index in [4.69, 9.17) is 0 Å². The third-order valence-electron chi connectivity index (χ3n) is 9.86. The Hall–Kier alpha value is -5.72. The minimum absolute atomic E-state index is 1.24. The first-order valence-electron chi connectivity index (χ1n) is 16.1. The summed E-state index contributed by atoms with van der Waals surface area (Å²) < 4.78 is 0. The fourth-order valence-electron chi connectivity index (χ4n) is 7.47. The molecule has 0 fully saturated rings. The normalized spacial score (nSPS) is 11.7. The van der Waals surface area contributed by atoms with Crippen molar-refractivity contribution in [2.75, 3.05) is 0 Å². The molecular formula is C46H32. The zero-order valence-corrected chi connectivity index (χ0v) is 26.0. The maximum Gasteiger partial charge on any atom is -0.00696 e. The van der Waals surface area contributed by atoms with E-state index in [9.17, 15) is 0 Å². The van der Waals surface area contributed by atoms with Crippen molar-refractivity contribution < 1.29 is 0 Å². The molecule has 0 heterocycles. The van der Waals surface area contributed by atoms with Crippen LogP contribution in [-0.2, 0) is 0 Å². The highest BCUT2D eigenvalue weighted by molar-refractivity contribution is 6.15. The molecule has 9 rings (SSSR count). The van der Waals surface area contributed by atoms with Crippen molar-refractivity contribution in [2.45, 2.75) is 13.8 Å². The first-order chi connectivity index (χ1) is 22.6. The lowest BCUT2D eigenvalue weighted by Gasteiger charge is -2.16. The van der Waals surface area contributed by atoms with Crippen molar-refractivity contribution in [3.8, 4) is 33.4 Å². The Morgan fingerprint density at radius 1 is 0.283 bits per heavy atom. The van der Waals surface area contributed by atoms with Gasteiger partial charge in [0.1, 0.15) is 0 Å². The second kappa shape index (κ2) is 10.4. The molecular weight excluding hydrogens is 553 g/mol. The minimum Gasteiger partial charge on any atom is -0.0616 e. The zero-order valence-electron chi connectivity index (χ0n) is 26.0. The molecule has 0 aliphatic rings. The fraction of sp³-hybridized carbons (Fsp3) is 0.0435. The molecule has 46 heavy (non-hydrogen) atoms. The number of rotatable bonds is 3. The highest BCUT2D eigenvalue weighted by atomic mass is 14.2. The van der Waals surface area contributed by atoms with E-state index in [0.717, 1.165) is 0 Å². The lowest BCUT2D eigenvalue weighted by molar-refractivity contribution is 1.46. The molecule has 0 saturated carbocycles. The molecule has 0 aromatic heterocycles. The van der Waals surface area contributed by atoms with Crippen LogP contribution in [0.15, 0.2) is 158 Å². The average molecular weight is 585 g/mol. The molecule has 0 radical (unpaired) electrons. The molecule has 0 aliphatic carbocycles. The van der Waals surface area contributed by atoms with Gasteiger partial charge in [0.15, 0.2) is 0 Å². The lowest BCUT2D eigenvalue weighted by Crippen LogP contribution is -1.91. The predicted octanol–water partition coefficient (Wildman–Crippen LogP) is 13.1. The van der Waals surface area contributed by atoms with Gasteiger partial charge in [-0.2, -0.15) is 0 Å². The monoisotopic (exact) mass is 584 g/mol. The van der Waals surface area contributed by atoms with Crippen molar-refractivity contribution in [3.63, 3.8) is 0 Å². The van der Waals surface area contributed by atoms with Crippen LogP contribution in [0.1, 0.15) is 11.1 Å². The molecule has 0 unspecified atom stereocenters. The molecule has 0 aliphatic heterocycles. The maximum atomic E-state index is 2.39. The van der Waals surface area contributed by atoms with E-state index in [1.54, 1.807) is 0 Å². The first-order valence-corrected chi connectivity index (χ1v) is 16.1. The van der Waals surface area contributed by atoms with Gasteiger partial charge < -0.3 is 0 Å². The summed E-state index contributed by atoms with van der Waals surface area (Å²) in [7, 11) is 0. The van der Waals surface area contributed by atoms with Crippen LogP contribution in [0, 0.1) is 13.8 Å². The van der Waals surface area contributed by atoms with Gasteiger partial charge in [-0.15, -0.1) is 0 Å². The zero-order chi connectivity index (χ0) is 30.8. The van der Waals surface area contributed by atoms with E-state index in [0.29, 0.717) is 0 Å². The second-order valence-electron chi connectivity index (χ2n) is 12.7. The first kappa shape index (κ1) is 26.7. The summed E-state index contributed by atoms with van der Waals surface area (Å²) in [5, 5.41) is 12.9. The number of fused-ring (bicyclic) bond motifs is 7. The highest BCUT2D eigenvalue weighted by Gasteiger charge is 2.14. The van der Waals surface area contributed by atoms with E-state index in [2.05, 4.69) is 172 Å². The quantitative estimate of drug-likeness (QED) is 0.181. The summed E-state index contributed by atoms with van der Waals surface area (Å²) in [6, 6.07) is 58.5. The molecule has 0 bridgehead atoms. The van der Waals surface area contributed by atoms with Gasteiger partial charge in [-0.05, 0) is 136 Å². The second-order valence-corrected chi connectivity index (χ2v) is 12.7. The van der Waals surface area contributed by atoms with Crippen LogP contribution in [0.2, 0.25) is 0 Å². The summed E-state index contributed by atoms with van der Waals surface area (Å²) in [5.41, 5.74) is 10.1. The van der Waals surface area contributed by atoms with Gasteiger partial charge in [-0.25, -0.2) is 0 Å². The van der Waals surface area contributed by atoms with Gasteiger partial charge in [0.05, 0.1) is 0 Å². The number of hydrogen-bond donors (Lipinski definition) is 0. The SMILES string of the molecule is Cc1ccc(-c2ccc3ccc4ccccc4c3c2)cc1-c1cccc2c1c(C)cc1ccc(-c3ccc4ccccc4c3)cc12. The minimum atomic E-state index is 1.24. The molecule has 0 heteroatoms. The van der Waals surface area contributed by atoms with Gasteiger partial charge in [-0.1, -0.05) is 133 Å². The third kappa shape index (κ3) is 4.30. The molecule has 0 N–H and O–H groups in total.